The fourth-order valence-corrected chi connectivity index (χ4v) is 4.01. The summed E-state index contributed by atoms with van der Waals surface area (Å²) in [5, 5.41) is 52.1. The fourth-order valence-electron chi connectivity index (χ4n) is 4.01. The zero-order chi connectivity index (χ0) is 27.4. The van der Waals surface area contributed by atoms with Gasteiger partial charge in [0.25, 0.3) is 0 Å². The number of rotatable bonds is 8. The second-order valence-corrected chi connectivity index (χ2v) is 9.77. The molecule has 3 rings (SSSR count). The van der Waals surface area contributed by atoms with Gasteiger partial charge in [0.15, 0.2) is 17.3 Å². The Balaban J connectivity index is 2.19. The lowest BCUT2D eigenvalue weighted by molar-refractivity contribution is 0.400. The van der Waals surface area contributed by atoms with Crippen LogP contribution in [0.1, 0.15) is 58.6 Å². The van der Waals surface area contributed by atoms with Crippen LogP contribution in [0.25, 0.3) is 22.3 Å². The molecule has 0 aliphatic carbocycles. The number of benzene rings is 2. The molecule has 0 aliphatic rings. The van der Waals surface area contributed by atoms with Crippen molar-refractivity contribution in [3.05, 3.63) is 74.5 Å². The summed E-state index contributed by atoms with van der Waals surface area (Å²) in [6.07, 6.45) is 8.13. The van der Waals surface area contributed by atoms with Crippen molar-refractivity contribution in [2.75, 3.05) is 0 Å². The highest BCUT2D eigenvalue weighted by molar-refractivity contribution is 5.91. The molecule has 37 heavy (non-hydrogen) atoms. The third kappa shape index (κ3) is 6.17. The van der Waals surface area contributed by atoms with E-state index in [0.29, 0.717) is 12.0 Å². The van der Waals surface area contributed by atoms with Crippen molar-refractivity contribution in [2.24, 2.45) is 0 Å². The summed E-state index contributed by atoms with van der Waals surface area (Å²) in [5.41, 5.74) is 3.17. The van der Waals surface area contributed by atoms with E-state index in [-0.39, 0.29) is 45.8 Å². The van der Waals surface area contributed by atoms with Gasteiger partial charge in [-0.2, -0.15) is 0 Å². The van der Waals surface area contributed by atoms with Gasteiger partial charge in [-0.1, -0.05) is 34.9 Å². The van der Waals surface area contributed by atoms with E-state index in [2.05, 4.69) is 6.08 Å². The Morgan fingerprint density at radius 2 is 1.46 bits per heavy atom. The predicted octanol–water partition coefficient (Wildman–Crippen LogP) is 6.73. The van der Waals surface area contributed by atoms with Crippen LogP contribution >= 0.6 is 0 Å². The van der Waals surface area contributed by atoms with Crippen LogP contribution < -0.4 is 5.43 Å². The molecule has 0 amide bonds. The van der Waals surface area contributed by atoms with Crippen molar-refractivity contribution in [1.29, 1.82) is 0 Å². The molecule has 196 valence electrons. The third-order valence-corrected chi connectivity index (χ3v) is 6.11. The highest BCUT2D eigenvalue weighted by Crippen LogP contribution is 2.41. The maximum atomic E-state index is 13.1. The highest BCUT2D eigenvalue weighted by Gasteiger charge is 2.23. The minimum atomic E-state index is -0.877. The Hall–Kier alpha value is -4.13. The first-order valence-corrected chi connectivity index (χ1v) is 12.1. The normalized spacial score (nSPS) is 11.5. The number of hydrogen-bond donors (Lipinski definition) is 5. The molecule has 0 unspecified atom stereocenters. The average molecular weight is 507 g/mol. The van der Waals surface area contributed by atoms with Crippen LogP contribution in [-0.4, -0.2) is 25.5 Å². The van der Waals surface area contributed by atoms with Crippen molar-refractivity contribution in [3.8, 4) is 40.1 Å². The topological polar surface area (TPSA) is 131 Å². The summed E-state index contributed by atoms with van der Waals surface area (Å²) >= 11 is 0. The van der Waals surface area contributed by atoms with Crippen LogP contribution in [0.4, 0.5) is 0 Å². The molecule has 7 nitrogen and oxygen atoms in total. The summed E-state index contributed by atoms with van der Waals surface area (Å²) in [4.78, 5) is 13.1. The molecule has 0 bridgehead atoms. The molecule has 5 N–H and O–H groups in total. The molecule has 0 radical (unpaired) electrons. The van der Waals surface area contributed by atoms with Gasteiger partial charge < -0.3 is 29.9 Å². The summed E-state index contributed by atoms with van der Waals surface area (Å²) in [7, 11) is 0. The average Bonchev–Trinajstić information content (AvgIpc) is 2.81. The number of fused-ring (bicyclic) bond motifs is 1. The number of aromatic hydroxyl groups is 5. The van der Waals surface area contributed by atoms with Crippen LogP contribution in [0, 0.1) is 0 Å². The molecule has 1 heterocycles. The van der Waals surface area contributed by atoms with Crippen molar-refractivity contribution in [3.63, 3.8) is 0 Å². The van der Waals surface area contributed by atoms with Gasteiger partial charge in [-0.3, -0.25) is 4.79 Å². The minimum absolute atomic E-state index is 0.0675. The summed E-state index contributed by atoms with van der Waals surface area (Å²) in [6, 6.07) is 3.75. The standard InChI is InChI=1S/C30H34O7/c1-16(2)7-6-8-18(5)10-12-21-22(31)15-23(32)25-27(35)28(36)29(37-30(21)25)20-13-19(11-9-17(3)4)26(34)24(33)14-20/h7,9-10,13-15,31-34,36H,6,8,11-12H2,1-5H3/b18-10+. The predicted molar refractivity (Wildman–Crippen MR) is 146 cm³/mol. The summed E-state index contributed by atoms with van der Waals surface area (Å²) < 4.78 is 5.96. The van der Waals surface area contributed by atoms with Crippen LogP contribution in [0.3, 0.4) is 0 Å². The van der Waals surface area contributed by atoms with E-state index in [4.69, 9.17) is 4.42 Å². The maximum absolute atomic E-state index is 13.1. The zero-order valence-electron chi connectivity index (χ0n) is 21.8. The summed E-state index contributed by atoms with van der Waals surface area (Å²) in [5.74, 6) is -2.53. The molecule has 0 aliphatic heterocycles. The molecule has 0 fully saturated rings. The number of phenols is 4. The molecule has 0 saturated carbocycles. The lowest BCUT2D eigenvalue weighted by Gasteiger charge is -2.13. The Labute approximate surface area is 216 Å². The van der Waals surface area contributed by atoms with E-state index >= 15 is 0 Å². The van der Waals surface area contributed by atoms with Gasteiger partial charge in [0.05, 0.1) is 0 Å². The molecule has 3 aromatic rings. The molecule has 2 aromatic carbocycles. The van der Waals surface area contributed by atoms with Crippen LogP contribution in [0.15, 0.2) is 62.4 Å². The van der Waals surface area contributed by atoms with E-state index in [1.807, 2.05) is 46.8 Å². The van der Waals surface area contributed by atoms with E-state index in [1.165, 1.54) is 17.7 Å². The van der Waals surface area contributed by atoms with E-state index < -0.39 is 22.7 Å². The molecule has 1 aromatic heterocycles. The SMILES string of the molecule is CC(C)=CCC/C(C)=C/Cc1c(O)cc(O)c2c(=O)c(O)c(-c3cc(O)c(O)c(CC=C(C)C)c3)oc12. The van der Waals surface area contributed by atoms with Crippen molar-refractivity contribution in [2.45, 2.75) is 60.3 Å². The molecule has 0 atom stereocenters. The van der Waals surface area contributed by atoms with Gasteiger partial charge in [-0.25, -0.2) is 0 Å². The third-order valence-electron chi connectivity index (χ3n) is 6.11. The first kappa shape index (κ1) is 27.5. The maximum Gasteiger partial charge on any atom is 0.238 e. The van der Waals surface area contributed by atoms with Crippen molar-refractivity contribution < 1.29 is 29.9 Å². The van der Waals surface area contributed by atoms with E-state index in [9.17, 15) is 30.3 Å². The Morgan fingerprint density at radius 3 is 2.11 bits per heavy atom. The Kier molecular flexibility index (Phi) is 8.38. The van der Waals surface area contributed by atoms with E-state index in [1.54, 1.807) is 0 Å². The monoisotopic (exact) mass is 506 g/mol. The van der Waals surface area contributed by atoms with Crippen LogP contribution in [-0.2, 0) is 12.8 Å². The number of phenolic OH excluding ortho intramolecular Hbond substituents is 4. The highest BCUT2D eigenvalue weighted by atomic mass is 16.4. The first-order chi connectivity index (χ1) is 17.4. The van der Waals surface area contributed by atoms with E-state index in [0.717, 1.165) is 30.1 Å². The number of hydrogen-bond acceptors (Lipinski definition) is 7. The van der Waals surface area contributed by atoms with Gasteiger partial charge in [0, 0.05) is 22.8 Å². The molecule has 7 heteroatoms. The van der Waals surface area contributed by atoms with Crippen LogP contribution in [0.2, 0.25) is 0 Å². The molecule has 0 spiro atoms. The second kappa shape index (κ2) is 11.3. The fraction of sp³-hybridized carbons (Fsp3) is 0.300. The quantitative estimate of drug-likeness (QED) is 0.169. The largest absolute Gasteiger partial charge is 0.507 e. The van der Waals surface area contributed by atoms with Gasteiger partial charge in [0.1, 0.15) is 22.5 Å². The number of allylic oxidation sites excluding steroid dienone is 6. The zero-order valence-corrected chi connectivity index (χ0v) is 21.8. The van der Waals surface area contributed by atoms with Gasteiger partial charge >= 0.3 is 0 Å². The van der Waals surface area contributed by atoms with Crippen molar-refractivity contribution >= 4 is 11.0 Å². The van der Waals surface area contributed by atoms with Gasteiger partial charge in [-0.15, -0.1) is 0 Å². The smallest absolute Gasteiger partial charge is 0.238 e. The Morgan fingerprint density at radius 1 is 0.784 bits per heavy atom. The Bertz CT molecular complexity index is 1480. The lowest BCUT2D eigenvalue weighted by atomic mass is 10.00. The second-order valence-electron chi connectivity index (χ2n) is 9.77. The molecular formula is C30H34O7. The van der Waals surface area contributed by atoms with Gasteiger partial charge in [-0.05, 0) is 72.4 Å². The minimum Gasteiger partial charge on any atom is -0.507 e. The van der Waals surface area contributed by atoms with Gasteiger partial charge in [0.2, 0.25) is 11.2 Å². The molecule has 0 saturated heterocycles. The molecular weight excluding hydrogens is 472 g/mol. The van der Waals surface area contributed by atoms with Crippen molar-refractivity contribution in [1.82, 2.24) is 0 Å². The summed E-state index contributed by atoms with van der Waals surface area (Å²) in [6.45, 7) is 9.83. The van der Waals surface area contributed by atoms with Crippen LogP contribution in [0.5, 0.6) is 28.7 Å². The first-order valence-electron chi connectivity index (χ1n) is 12.1. The lowest BCUT2D eigenvalue weighted by Crippen LogP contribution is -2.05.